The van der Waals surface area contributed by atoms with Gasteiger partial charge >= 0.3 is 5.97 Å². The van der Waals surface area contributed by atoms with Crippen LogP contribution in [0.3, 0.4) is 0 Å². The van der Waals surface area contributed by atoms with E-state index in [1.165, 1.54) is 56.7 Å². The van der Waals surface area contributed by atoms with Crippen LogP contribution in [0.5, 0.6) is 17.2 Å². The molecule has 0 fully saturated rings. The maximum absolute atomic E-state index is 13.0. The highest BCUT2D eigenvalue weighted by molar-refractivity contribution is 5.96. The van der Waals surface area contributed by atoms with E-state index in [4.69, 9.17) is 18.9 Å². The number of rotatable bonds is 10. The molecule has 0 spiro atoms. The van der Waals surface area contributed by atoms with Gasteiger partial charge < -0.3 is 29.6 Å². The Morgan fingerprint density at radius 1 is 0.778 bits per heavy atom. The largest absolute Gasteiger partial charge is 0.495 e. The first-order valence-corrected chi connectivity index (χ1v) is 10.8. The van der Waals surface area contributed by atoms with Crippen LogP contribution in [0.25, 0.3) is 0 Å². The van der Waals surface area contributed by atoms with Gasteiger partial charge in [-0.05, 0) is 67.1 Å². The van der Waals surface area contributed by atoms with E-state index in [0.29, 0.717) is 17.1 Å². The minimum atomic E-state index is -0.750. The number of methoxy groups -OCH3 is 2. The SMILES string of the molecule is COc1ccc(C)cc1NC(=O)COC(=O)c1ccc(OCC(=O)Nc2ccc(F)cc2)c(OC)c1. The molecule has 0 aliphatic carbocycles. The van der Waals surface area contributed by atoms with Crippen LogP contribution in [0.15, 0.2) is 60.7 Å². The molecule has 188 valence electrons. The highest BCUT2D eigenvalue weighted by Crippen LogP contribution is 2.29. The molecule has 0 unspecified atom stereocenters. The molecule has 2 N–H and O–H groups in total. The molecule has 0 aliphatic rings. The second-order valence-corrected chi connectivity index (χ2v) is 7.54. The van der Waals surface area contributed by atoms with Gasteiger partial charge in [-0.25, -0.2) is 9.18 Å². The molecule has 0 heterocycles. The van der Waals surface area contributed by atoms with Crippen molar-refractivity contribution in [3.8, 4) is 17.2 Å². The summed E-state index contributed by atoms with van der Waals surface area (Å²) in [5.41, 5.74) is 1.92. The second-order valence-electron chi connectivity index (χ2n) is 7.54. The molecule has 0 saturated carbocycles. The van der Waals surface area contributed by atoms with Gasteiger partial charge in [0, 0.05) is 5.69 Å². The smallest absolute Gasteiger partial charge is 0.338 e. The number of ether oxygens (including phenoxy) is 4. The van der Waals surface area contributed by atoms with Gasteiger partial charge in [0.05, 0.1) is 25.5 Å². The standard InChI is InChI=1S/C26H25FN2O7/c1-16-4-10-21(33-2)20(12-16)29-25(31)15-36-26(32)17-5-11-22(23(13-17)34-3)35-14-24(30)28-19-8-6-18(27)7-9-19/h4-13H,14-15H2,1-3H3,(H,28,30)(H,29,31). The van der Waals surface area contributed by atoms with Crippen LogP contribution in [0, 0.1) is 12.7 Å². The Bertz CT molecular complexity index is 1250. The van der Waals surface area contributed by atoms with Gasteiger partial charge in [-0.2, -0.15) is 0 Å². The molecule has 0 atom stereocenters. The summed E-state index contributed by atoms with van der Waals surface area (Å²) in [6.45, 7) is 1.01. The maximum atomic E-state index is 13.0. The summed E-state index contributed by atoms with van der Waals surface area (Å²) in [6.07, 6.45) is 0. The zero-order chi connectivity index (χ0) is 26.1. The van der Waals surface area contributed by atoms with Crippen molar-refractivity contribution in [2.24, 2.45) is 0 Å². The quantitative estimate of drug-likeness (QED) is 0.409. The summed E-state index contributed by atoms with van der Waals surface area (Å²) < 4.78 is 34.0. The van der Waals surface area contributed by atoms with Gasteiger partial charge in [0.1, 0.15) is 11.6 Å². The van der Waals surface area contributed by atoms with E-state index >= 15 is 0 Å². The molecule has 0 bridgehead atoms. The summed E-state index contributed by atoms with van der Waals surface area (Å²) in [6, 6.07) is 14.8. The third-order valence-corrected chi connectivity index (χ3v) is 4.85. The fourth-order valence-electron chi connectivity index (χ4n) is 3.11. The minimum absolute atomic E-state index is 0.121. The van der Waals surface area contributed by atoms with Crippen molar-refractivity contribution in [1.82, 2.24) is 0 Å². The number of hydrogen-bond acceptors (Lipinski definition) is 7. The Morgan fingerprint density at radius 2 is 1.44 bits per heavy atom. The van der Waals surface area contributed by atoms with Crippen LogP contribution in [-0.4, -0.2) is 45.2 Å². The molecule has 0 aromatic heterocycles. The monoisotopic (exact) mass is 496 g/mol. The Labute approximate surface area is 207 Å². The van der Waals surface area contributed by atoms with Crippen LogP contribution in [-0.2, 0) is 14.3 Å². The van der Waals surface area contributed by atoms with E-state index in [1.54, 1.807) is 12.1 Å². The minimum Gasteiger partial charge on any atom is -0.495 e. The number of anilines is 2. The van der Waals surface area contributed by atoms with Crippen molar-refractivity contribution < 1.29 is 37.7 Å². The Hall–Kier alpha value is -4.60. The highest BCUT2D eigenvalue weighted by atomic mass is 19.1. The predicted molar refractivity (Wildman–Crippen MR) is 130 cm³/mol. The summed E-state index contributed by atoms with van der Waals surface area (Å²) in [4.78, 5) is 36.8. The number of benzene rings is 3. The van der Waals surface area contributed by atoms with Gasteiger partial charge in [0.25, 0.3) is 11.8 Å². The molecule has 0 saturated heterocycles. The number of nitrogens with one attached hydrogen (secondary N) is 2. The van der Waals surface area contributed by atoms with Gasteiger partial charge in [0.15, 0.2) is 24.7 Å². The first-order chi connectivity index (χ1) is 17.3. The molecular weight excluding hydrogens is 471 g/mol. The maximum Gasteiger partial charge on any atom is 0.338 e. The first-order valence-electron chi connectivity index (χ1n) is 10.8. The van der Waals surface area contributed by atoms with E-state index in [-0.39, 0.29) is 23.7 Å². The van der Waals surface area contributed by atoms with E-state index in [0.717, 1.165) is 5.56 Å². The molecule has 0 radical (unpaired) electrons. The van der Waals surface area contributed by atoms with Gasteiger partial charge in [0.2, 0.25) is 0 Å². The zero-order valence-corrected chi connectivity index (χ0v) is 19.9. The fraction of sp³-hybridized carbons (Fsp3) is 0.192. The molecule has 3 aromatic rings. The Morgan fingerprint density at radius 3 is 2.14 bits per heavy atom. The normalized spacial score (nSPS) is 10.2. The Kier molecular flexibility index (Phi) is 8.82. The molecule has 2 amide bonds. The van der Waals surface area contributed by atoms with Crippen LogP contribution >= 0.6 is 0 Å². The number of carbonyl (C=O) groups is 3. The number of hydrogen-bond donors (Lipinski definition) is 2. The number of aryl methyl sites for hydroxylation is 1. The lowest BCUT2D eigenvalue weighted by atomic mass is 10.2. The lowest BCUT2D eigenvalue weighted by Gasteiger charge is -2.13. The van der Waals surface area contributed by atoms with Crippen molar-refractivity contribution in [2.75, 3.05) is 38.1 Å². The number of amides is 2. The van der Waals surface area contributed by atoms with Crippen molar-refractivity contribution in [2.45, 2.75) is 6.92 Å². The van der Waals surface area contributed by atoms with Crippen molar-refractivity contribution in [3.63, 3.8) is 0 Å². The van der Waals surface area contributed by atoms with Crippen molar-refractivity contribution >= 4 is 29.2 Å². The Balaban J connectivity index is 1.54. The van der Waals surface area contributed by atoms with Crippen LogP contribution in [0.2, 0.25) is 0 Å². The number of carbonyl (C=O) groups excluding carboxylic acids is 3. The summed E-state index contributed by atoms with van der Waals surface area (Å²) >= 11 is 0. The average Bonchev–Trinajstić information content (AvgIpc) is 2.87. The van der Waals surface area contributed by atoms with Gasteiger partial charge in [-0.1, -0.05) is 6.07 Å². The van der Waals surface area contributed by atoms with Gasteiger partial charge in [-0.15, -0.1) is 0 Å². The molecular formula is C26H25FN2O7. The van der Waals surface area contributed by atoms with E-state index < -0.39 is 30.2 Å². The average molecular weight is 496 g/mol. The molecule has 0 aliphatic heterocycles. The lowest BCUT2D eigenvalue weighted by molar-refractivity contribution is -0.119. The third kappa shape index (κ3) is 7.20. The van der Waals surface area contributed by atoms with Crippen molar-refractivity contribution in [1.29, 1.82) is 0 Å². The van der Waals surface area contributed by atoms with Crippen LogP contribution in [0.4, 0.5) is 15.8 Å². The first kappa shape index (κ1) is 26.0. The van der Waals surface area contributed by atoms with Gasteiger partial charge in [-0.3, -0.25) is 9.59 Å². The molecule has 3 rings (SSSR count). The topological polar surface area (TPSA) is 112 Å². The predicted octanol–water partition coefficient (Wildman–Crippen LogP) is 3.96. The lowest BCUT2D eigenvalue weighted by Crippen LogP contribution is -2.21. The molecule has 9 nitrogen and oxygen atoms in total. The second kappa shape index (κ2) is 12.2. The summed E-state index contributed by atoms with van der Waals surface area (Å²) in [5.74, 6) is -1.29. The summed E-state index contributed by atoms with van der Waals surface area (Å²) in [7, 11) is 2.86. The highest BCUT2D eigenvalue weighted by Gasteiger charge is 2.16. The molecule has 10 heteroatoms. The van der Waals surface area contributed by atoms with Crippen LogP contribution in [0.1, 0.15) is 15.9 Å². The fourth-order valence-corrected chi connectivity index (χ4v) is 3.11. The number of halogens is 1. The molecule has 36 heavy (non-hydrogen) atoms. The molecule has 3 aromatic carbocycles. The van der Waals surface area contributed by atoms with E-state index in [1.807, 2.05) is 13.0 Å². The zero-order valence-electron chi connectivity index (χ0n) is 19.9. The summed E-state index contributed by atoms with van der Waals surface area (Å²) in [5, 5.41) is 5.22. The number of esters is 1. The van der Waals surface area contributed by atoms with Crippen LogP contribution < -0.4 is 24.8 Å². The van der Waals surface area contributed by atoms with E-state index in [9.17, 15) is 18.8 Å². The van der Waals surface area contributed by atoms with Crippen molar-refractivity contribution in [3.05, 3.63) is 77.6 Å². The van der Waals surface area contributed by atoms with E-state index in [2.05, 4.69) is 10.6 Å². The third-order valence-electron chi connectivity index (χ3n) is 4.85.